The van der Waals surface area contributed by atoms with E-state index in [2.05, 4.69) is 26.2 Å². The second kappa shape index (κ2) is 6.63. The summed E-state index contributed by atoms with van der Waals surface area (Å²) in [6.45, 7) is 0.737. The number of aromatic nitrogens is 1. The molecule has 18 heavy (non-hydrogen) atoms. The lowest BCUT2D eigenvalue weighted by Gasteiger charge is -2.21. The molecule has 1 aliphatic heterocycles. The van der Waals surface area contributed by atoms with Gasteiger partial charge in [0.15, 0.2) is 0 Å². The molecule has 0 spiro atoms. The maximum Gasteiger partial charge on any atom is 0.311 e. The average molecular weight is 350 g/mol. The quantitative estimate of drug-likeness (QED) is 0.665. The van der Waals surface area contributed by atoms with Gasteiger partial charge in [-0.25, -0.2) is 0 Å². The maximum atomic E-state index is 10.9. The lowest BCUT2D eigenvalue weighted by atomic mass is 10.3. The third-order valence-electron chi connectivity index (χ3n) is 2.47. The van der Waals surface area contributed by atoms with E-state index in [-0.39, 0.29) is 5.69 Å². The first kappa shape index (κ1) is 14.0. The van der Waals surface area contributed by atoms with Gasteiger partial charge in [0.1, 0.15) is 11.9 Å². The first-order valence-corrected chi connectivity index (χ1v) is 8.39. The summed E-state index contributed by atoms with van der Waals surface area (Å²) in [6, 6.07) is 0. The Bertz CT molecular complexity index is 441. The van der Waals surface area contributed by atoms with Crippen LogP contribution in [0.15, 0.2) is 16.9 Å². The zero-order chi connectivity index (χ0) is 13.0. The molecular weight excluding hydrogens is 338 g/mol. The van der Waals surface area contributed by atoms with Crippen LogP contribution in [0.4, 0.5) is 11.4 Å². The van der Waals surface area contributed by atoms with Crippen LogP contribution in [0.1, 0.15) is 0 Å². The fourth-order valence-electron chi connectivity index (χ4n) is 1.61. The van der Waals surface area contributed by atoms with Crippen molar-refractivity contribution in [2.45, 2.75) is 5.25 Å². The van der Waals surface area contributed by atoms with Gasteiger partial charge < -0.3 is 5.32 Å². The van der Waals surface area contributed by atoms with Crippen LogP contribution in [-0.4, -0.2) is 39.0 Å². The van der Waals surface area contributed by atoms with Crippen molar-refractivity contribution in [1.29, 1.82) is 0 Å². The summed E-state index contributed by atoms with van der Waals surface area (Å²) in [5, 5.41) is 14.6. The molecular formula is C10H12BrN3O2S2. The number of rotatable bonds is 4. The molecule has 1 atom stereocenters. The zero-order valence-corrected chi connectivity index (χ0v) is 12.7. The fourth-order valence-corrected chi connectivity index (χ4v) is 4.68. The van der Waals surface area contributed by atoms with Gasteiger partial charge in [0, 0.05) is 35.3 Å². The lowest BCUT2D eigenvalue weighted by Crippen LogP contribution is -2.23. The van der Waals surface area contributed by atoms with Crippen molar-refractivity contribution < 1.29 is 4.92 Å². The summed E-state index contributed by atoms with van der Waals surface area (Å²) in [5.74, 6) is 3.44. The predicted octanol–water partition coefficient (Wildman–Crippen LogP) is 3.01. The lowest BCUT2D eigenvalue weighted by molar-refractivity contribution is -0.384. The Kier molecular flexibility index (Phi) is 5.13. The Balaban J connectivity index is 2.05. The molecule has 0 aliphatic carbocycles. The average Bonchev–Trinajstić information content (AvgIpc) is 2.38. The molecule has 1 aromatic heterocycles. The number of nitrogens with zero attached hydrogens (tertiary/aromatic N) is 2. The summed E-state index contributed by atoms with van der Waals surface area (Å²) in [5.41, 5.74) is 0.531. The van der Waals surface area contributed by atoms with Gasteiger partial charge in [-0.15, -0.1) is 0 Å². The van der Waals surface area contributed by atoms with Crippen molar-refractivity contribution in [3.8, 4) is 0 Å². The van der Waals surface area contributed by atoms with Gasteiger partial charge in [-0.3, -0.25) is 15.1 Å². The van der Waals surface area contributed by atoms with Crippen LogP contribution < -0.4 is 5.32 Å². The van der Waals surface area contributed by atoms with Crippen molar-refractivity contribution in [2.75, 3.05) is 29.1 Å². The molecule has 1 N–H and O–H groups in total. The third-order valence-corrected chi connectivity index (χ3v) is 5.91. The van der Waals surface area contributed by atoms with Crippen molar-refractivity contribution >= 4 is 50.8 Å². The first-order valence-electron chi connectivity index (χ1n) is 5.39. The molecule has 1 unspecified atom stereocenters. The minimum atomic E-state index is -0.414. The van der Waals surface area contributed by atoms with Gasteiger partial charge in [-0.2, -0.15) is 23.5 Å². The summed E-state index contributed by atoms with van der Waals surface area (Å²) < 4.78 is 0.630. The van der Waals surface area contributed by atoms with Crippen molar-refractivity contribution in [2.24, 2.45) is 0 Å². The van der Waals surface area contributed by atoms with Crippen molar-refractivity contribution in [3.05, 3.63) is 27.0 Å². The molecule has 1 saturated heterocycles. The first-order chi connectivity index (χ1) is 8.68. The summed E-state index contributed by atoms with van der Waals surface area (Å²) in [7, 11) is 0. The molecule has 1 fully saturated rings. The fraction of sp³-hybridized carbons (Fsp3) is 0.500. The van der Waals surface area contributed by atoms with Crippen LogP contribution in [0, 0.1) is 10.1 Å². The van der Waals surface area contributed by atoms with Gasteiger partial charge in [-0.1, -0.05) is 0 Å². The molecule has 2 heterocycles. The van der Waals surface area contributed by atoms with Gasteiger partial charge in [-0.05, 0) is 15.9 Å². The van der Waals surface area contributed by atoms with E-state index >= 15 is 0 Å². The Morgan fingerprint density at radius 1 is 1.56 bits per heavy atom. The molecule has 0 amide bonds. The van der Waals surface area contributed by atoms with E-state index in [0.29, 0.717) is 15.4 Å². The molecule has 0 aromatic carbocycles. The number of anilines is 1. The Labute approximate surface area is 122 Å². The number of hydrogen-bond donors (Lipinski definition) is 1. The van der Waals surface area contributed by atoms with Crippen molar-refractivity contribution in [3.63, 3.8) is 0 Å². The Morgan fingerprint density at radius 3 is 3.06 bits per heavy atom. The van der Waals surface area contributed by atoms with E-state index in [1.54, 1.807) is 6.20 Å². The van der Waals surface area contributed by atoms with Crippen LogP contribution in [0.25, 0.3) is 0 Å². The van der Waals surface area contributed by atoms with Gasteiger partial charge in [0.25, 0.3) is 0 Å². The number of hydrogen-bond acceptors (Lipinski definition) is 6. The molecule has 8 heteroatoms. The standard InChI is InChI=1S/C10H12BrN3O2S2/c11-8-4-12-5-9(14(15)16)10(8)13-3-7-6-17-1-2-18-7/h4-5,7H,1-3,6H2,(H,12,13). The highest BCUT2D eigenvalue weighted by Crippen LogP contribution is 2.32. The van der Waals surface area contributed by atoms with E-state index in [4.69, 9.17) is 0 Å². The third kappa shape index (κ3) is 3.52. The van der Waals surface area contributed by atoms with Crippen LogP contribution in [0.2, 0.25) is 0 Å². The van der Waals surface area contributed by atoms with E-state index in [0.717, 1.165) is 18.1 Å². The minimum absolute atomic E-state index is 0.0119. The molecule has 1 aromatic rings. The second-order valence-corrected chi connectivity index (χ2v) is 7.13. The number of nitrogens with one attached hydrogen (secondary N) is 1. The smallest absolute Gasteiger partial charge is 0.311 e. The number of pyridine rings is 1. The van der Waals surface area contributed by atoms with E-state index in [1.165, 1.54) is 11.9 Å². The second-order valence-electron chi connectivity index (χ2n) is 3.72. The number of thioether (sulfide) groups is 2. The monoisotopic (exact) mass is 349 g/mol. The maximum absolute atomic E-state index is 10.9. The highest BCUT2D eigenvalue weighted by Gasteiger charge is 2.20. The highest BCUT2D eigenvalue weighted by molar-refractivity contribution is 9.10. The zero-order valence-electron chi connectivity index (χ0n) is 9.47. The molecule has 2 rings (SSSR count). The summed E-state index contributed by atoms with van der Waals surface area (Å²) >= 11 is 7.15. The van der Waals surface area contributed by atoms with Gasteiger partial charge in [0.05, 0.1) is 9.40 Å². The van der Waals surface area contributed by atoms with Crippen LogP contribution in [0.3, 0.4) is 0 Å². The van der Waals surface area contributed by atoms with E-state index < -0.39 is 4.92 Å². The van der Waals surface area contributed by atoms with Crippen molar-refractivity contribution in [1.82, 2.24) is 4.98 Å². The largest absolute Gasteiger partial charge is 0.377 e. The number of halogens is 1. The van der Waals surface area contributed by atoms with E-state index in [1.807, 2.05) is 23.5 Å². The van der Waals surface area contributed by atoms with E-state index in [9.17, 15) is 10.1 Å². The molecule has 5 nitrogen and oxygen atoms in total. The topological polar surface area (TPSA) is 68.1 Å². The van der Waals surface area contributed by atoms with Gasteiger partial charge >= 0.3 is 5.69 Å². The molecule has 1 aliphatic rings. The number of nitro groups is 1. The van der Waals surface area contributed by atoms with Crippen LogP contribution in [-0.2, 0) is 0 Å². The summed E-state index contributed by atoms with van der Waals surface area (Å²) in [6.07, 6.45) is 2.84. The highest BCUT2D eigenvalue weighted by atomic mass is 79.9. The Hall–Kier alpha value is -0.470. The molecule has 98 valence electrons. The molecule has 0 radical (unpaired) electrons. The van der Waals surface area contributed by atoms with Crippen LogP contribution >= 0.6 is 39.5 Å². The molecule has 0 bridgehead atoms. The predicted molar refractivity (Wildman–Crippen MR) is 80.7 cm³/mol. The minimum Gasteiger partial charge on any atom is -0.377 e. The normalized spacial score (nSPS) is 19.5. The van der Waals surface area contributed by atoms with Gasteiger partial charge in [0.2, 0.25) is 0 Å². The molecule has 0 saturated carbocycles. The SMILES string of the molecule is O=[N+]([O-])c1cncc(Br)c1NCC1CSCCS1. The Morgan fingerprint density at radius 2 is 2.39 bits per heavy atom. The van der Waals surface area contributed by atoms with Crippen LogP contribution in [0.5, 0.6) is 0 Å². The summed E-state index contributed by atoms with van der Waals surface area (Å²) in [4.78, 5) is 14.3.